The van der Waals surface area contributed by atoms with E-state index in [0.717, 1.165) is 5.69 Å². The Morgan fingerprint density at radius 3 is 2.96 bits per heavy atom. The highest BCUT2D eigenvalue weighted by Gasteiger charge is 2.11. The summed E-state index contributed by atoms with van der Waals surface area (Å²) in [7, 11) is 0. The van der Waals surface area contributed by atoms with Crippen LogP contribution in [0.3, 0.4) is 0 Å². The molecule has 1 aromatic carbocycles. The first kappa shape index (κ1) is 15.3. The van der Waals surface area contributed by atoms with Gasteiger partial charge in [-0.2, -0.15) is 4.68 Å². The Morgan fingerprint density at radius 1 is 1.35 bits per heavy atom. The molecule has 0 saturated carbocycles. The fourth-order valence-corrected chi connectivity index (χ4v) is 2.55. The van der Waals surface area contributed by atoms with E-state index < -0.39 is 4.92 Å². The van der Waals surface area contributed by atoms with Gasteiger partial charge in [0.1, 0.15) is 10.7 Å². The van der Waals surface area contributed by atoms with E-state index in [1.54, 1.807) is 29.7 Å². The minimum Gasteiger partial charge on any atom is -0.401 e. The largest absolute Gasteiger partial charge is 0.433 e. The van der Waals surface area contributed by atoms with Crippen molar-refractivity contribution in [2.24, 2.45) is 0 Å². The van der Waals surface area contributed by atoms with Gasteiger partial charge >= 0.3 is 5.88 Å². The average Bonchev–Trinajstić information content (AvgIpc) is 3.16. The molecule has 0 amide bonds. The molecule has 0 atom stereocenters. The first-order valence-corrected chi connectivity index (χ1v) is 7.51. The highest BCUT2D eigenvalue weighted by molar-refractivity contribution is 8.02. The normalized spacial score (nSPS) is 11.2. The van der Waals surface area contributed by atoms with E-state index >= 15 is 0 Å². The molecule has 3 rings (SSSR count). The number of nitrogens with zero attached hydrogens (tertiary/aromatic N) is 5. The van der Waals surface area contributed by atoms with E-state index in [0.29, 0.717) is 15.9 Å². The quantitative estimate of drug-likeness (QED) is 0.394. The summed E-state index contributed by atoms with van der Waals surface area (Å²) >= 11 is 7.20. The van der Waals surface area contributed by atoms with Gasteiger partial charge < -0.3 is 4.42 Å². The van der Waals surface area contributed by atoms with Crippen molar-refractivity contribution in [3.63, 3.8) is 0 Å². The monoisotopic (exact) mass is 349 g/mol. The summed E-state index contributed by atoms with van der Waals surface area (Å²) in [6, 6.07) is 9.92. The summed E-state index contributed by atoms with van der Waals surface area (Å²) in [5.41, 5.74) is 0.729. The second kappa shape index (κ2) is 6.63. The van der Waals surface area contributed by atoms with E-state index in [9.17, 15) is 10.1 Å². The van der Waals surface area contributed by atoms with Crippen LogP contribution in [0.2, 0.25) is 5.02 Å². The van der Waals surface area contributed by atoms with Gasteiger partial charge in [0, 0.05) is 5.02 Å². The maximum Gasteiger partial charge on any atom is 0.433 e. The lowest BCUT2D eigenvalue weighted by atomic mass is 10.3. The van der Waals surface area contributed by atoms with E-state index in [-0.39, 0.29) is 5.88 Å². The van der Waals surface area contributed by atoms with Crippen LogP contribution in [0.5, 0.6) is 0 Å². The lowest BCUT2D eigenvalue weighted by Gasteiger charge is -2.02. The Hall–Kier alpha value is -2.65. The molecule has 0 radical (unpaired) electrons. The Morgan fingerprint density at radius 2 is 2.22 bits per heavy atom. The van der Waals surface area contributed by atoms with Gasteiger partial charge in [0.25, 0.3) is 0 Å². The van der Waals surface area contributed by atoms with Crippen molar-refractivity contribution in [3.05, 3.63) is 62.7 Å². The number of halogens is 1. The molecular formula is C13H8ClN5O3S. The minimum absolute atomic E-state index is 0.307. The van der Waals surface area contributed by atoms with Gasteiger partial charge in [-0.1, -0.05) is 29.4 Å². The van der Waals surface area contributed by atoms with Crippen LogP contribution in [0, 0.1) is 10.1 Å². The fourth-order valence-electron chi connectivity index (χ4n) is 1.71. The molecular weight excluding hydrogens is 342 g/mol. The molecule has 0 N–H and O–H groups in total. The third kappa shape index (κ3) is 3.58. The number of tetrazole rings is 1. The van der Waals surface area contributed by atoms with Crippen LogP contribution in [0.25, 0.3) is 11.8 Å². The number of aromatic nitrogens is 4. The van der Waals surface area contributed by atoms with Crippen molar-refractivity contribution in [2.75, 3.05) is 0 Å². The van der Waals surface area contributed by atoms with Crippen molar-refractivity contribution < 1.29 is 9.34 Å². The van der Waals surface area contributed by atoms with Crippen LogP contribution in [-0.2, 0) is 0 Å². The highest BCUT2D eigenvalue weighted by atomic mass is 35.5. The molecule has 2 aromatic heterocycles. The predicted octanol–water partition coefficient (Wildman–Crippen LogP) is 3.58. The Labute approximate surface area is 138 Å². The van der Waals surface area contributed by atoms with E-state index in [4.69, 9.17) is 16.0 Å². The molecule has 0 aliphatic rings. The summed E-state index contributed by atoms with van der Waals surface area (Å²) < 4.78 is 6.55. The SMILES string of the molecule is O=[N+]([O-])c1ccc(/C=C/Sc2nnnn2-c2cccc(Cl)c2)o1. The second-order valence-corrected chi connectivity index (χ2v) is 5.52. The van der Waals surface area contributed by atoms with E-state index in [2.05, 4.69) is 15.5 Å². The van der Waals surface area contributed by atoms with Gasteiger partial charge in [-0.25, -0.2) is 0 Å². The fraction of sp³-hybridized carbons (Fsp3) is 0. The zero-order chi connectivity index (χ0) is 16.2. The number of hydrogen-bond donors (Lipinski definition) is 0. The van der Waals surface area contributed by atoms with Gasteiger partial charge in [-0.15, -0.1) is 5.10 Å². The van der Waals surface area contributed by atoms with Gasteiger partial charge in [-0.05, 0) is 46.2 Å². The Bertz CT molecular complexity index is 876. The lowest BCUT2D eigenvalue weighted by Crippen LogP contribution is -1.97. The maximum atomic E-state index is 10.5. The van der Waals surface area contributed by atoms with Crippen LogP contribution in [0.1, 0.15) is 5.76 Å². The third-order valence-electron chi connectivity index (χ3n) is 2.69. The summed E-state index contributed by atoms with van der Waals surface area (Å²) in [5.74, 6) is 0.0596. The zero-order valence-corrected chi connectivity index (χ0v) is 12.9. The number of furan rings is 1. The molecule has 23 heavy (non-hydrogen) atoms. The van der Waals surface area contributed by atoms with Crippen LogP contribution < -0.4 is 0 Å². The van der Waals surface area contributed by atoms with E-state index in [1.165, 1.54) is 28.6 Å². The molecule has 10 heteroatoms. The maximum absolute atomic E-state index is 10.5. The molecule has 0 bridgehead atoms. The number of benzene rings is 1. The molecule has 2 heterocycles. The zero-order valence-electron chi connectivity index (χ0n) is 11.4. The molecule has 116 valence electrons. The molecule has 8 nitrogen and oxygen atoms in total. The number of thioether (sulfide) groups is 1. The van der Waals surface area contributed by atoms with Crippen LogP contribution >= 0.6 is 23.4 Å². The third-order valence-corrected chi connectivity index (χ3v) is 3.66. The molecule has 0 spiro atoms. The minimum atomic E-state index is -0.593. The summed E-state index contributed by atoms with van der Waals surface area (Å²) in [4.78, 5) is 9.95. The topological polar surface area (TPSA) is 99.9 Å². The van der Waals surface area contributed by atoms with Crippen molar-refractivity contribution in [2.45, 2.75) is 5.16 Å². The standard InChI is InChI=1S/C13H8ClN5O3S/c14-9-2-1-3-10(8-9)18-13(15-16-17-18)23-7-6-11-4-5-12(22-11)19(20)21/h1-8H/b7-6+. The van der Waals surface area contributed by atoms with Gasteiger partial charge in [0.2, 0.25) is 5.16 Å². The first-order valence-electron chi connectivity index (χ1n) is 6.25. The second-order valence-electron chi connectivity index (χ2n) is 4.21. The van der Waals surface area contributed by atoms with Crippen molar-refractivity contribution in [3.8, 4) is 5.69 Å². The highest BCUT2D eigenvalue weighted by Crippen LogP contribution is 2.23. The molecule has 0 aliphatic heterocycles. The predicted molar refractivity (Wildman–Crippen MR) is 84.4 cm³/mol. The van der Waals surface area contributed by atoms with Crippen molar-refractivity contribution >= 4 is 35.3 Å². The van der Waals surface area contributed by atoms with Crippen LogP contribution in [-0.4, -0.2) is 25.1 Å². The summed E-state index contributed by atoms with van der Waals surface area (Å²) in [6.07, 6.45) is 1.59. The smallest absolute Gasteiger partial charge is 0.401 e. The number of nitro groups is 1. The van der Waals surface area contributed by atoms with Gasteiger partial charge in [0.05, 0.1) is 11.8 Å². The van der Waals surface area contributed by atoms with Crippen LogP contribution in [0.4, 0.5) is 5.88 Å². The van der Waals surface area contributed by atoms with Crippen LogP contribution in [0.15, 0.2) is 51.4 Å². The first-order chi connectivity index (χ1) is 11.1. The Balaban J connectivity index is 1.75. The number of rotatable bonds is 5. The Kier molecular flexibility index (Phi) is 4.40. The molecule has 3 aromatic rings. The van der Waals surface area contributed by atoms with Crippen molar-refractivity contribution in [1.82, 2.24) is 20.2 Å². The number of hydrogen-bond acceptors (Lipinski definition) is 7. The summed E-state index contributed by atoms with van der Waals surface area (Å²) in [5, 5.41) is 24.8. The molecule has 0 fully saturated rings. The van der Waals surface area contributed by atoms with Crippen molar-refractivity contribution in [1.29, 1.82) is 0 Å². The average molecular weight is 350 g/mol. The molecule has 0 aliphatic carbocycles. The van der Waals surface area contributed by atoms with Gasteiger partial charge in [0.15, 0.2) is 0 Å². The van der Waals surface area contributed by atoms with E-state index in [1.807, 2.05) is 6.07 Å². The lowest BCUT2D eigenvalue weighted by molar-refractivity contribution is -0.402. The molecule has 0 unspecified atom stereocenters. The summed E-state index contributed by atoms with van der Waals surface area (Å²) in [6.45, 7) is 0. The molecule has 0 saturated heterocycles. The van der Waals surface area contributed by atoms with Gasteiger partial charge in [-0.3, -0.25) is 10.1 Å².